The predicted molar refractivity (Wildman–Crippen MR) is 125 cm³/mol. The average molecular weight is 498 g/mol. The van der Waals surface area contributed by atoms with Crippen molar-refractivity contribution in [3.05, 3.63) is 53.5 Å². The first-order chi connectivity index (χ1) is 17.3. The summed E-state index contributed by atoms with van der Waals surface area (Å²) in [6, 6.07) is 5.57. The van der Waals surface area contributed by atoms with Crippen LogP contribution in [0.4, 0.5) is 5.69 Å². The Kier molecular flexibility index (Phi) is 7.37. The Labute approximate surface area is 207 Å². The molecule has 2 fully saturated rings. The van der Waals surface area contributed by atoms with Gasteiger partial charge in [-0.05, 0) is 43.2 Å². The molecule has 11 heteroatoms. The lowest BCUT2D eigenvalue weighted by molar-refractivity contribution is -0.135. The molecule has 36 heavy (non-hydrogen) atoms. The number of hydrogen-bond donors (Lipinski definition) is 2. The van der Waals surface area contributed by atoms with Gasteiger partial charge in [0, 0.05) is 11.7 Å². The number of fused-ring (bicyclic) bond motifs is 1. The number of amides is 3. The quantitative estimate of drug-likeness (QED) is 0.578. The van der Waals surface area contributed by atoms with E-state index in [1.165, 1.54) is 49.6 Å². The maximum absolute atomic E-state index is 13.3. The van der Waals surface area contributed by atoms with Crippen LogP contribution in [0.5, 0.6) is 0 Å². The molecule has 2 aromatic rings. The molecule has 190 valence electrons. The van der Waals surface area contributed by atoms with E-state index in [0.29, 0.717) is 6.42 Å². The Morgan fingerprint density at radius 1 is 1.06 bits per heavy atom. The summed E-state index contributed by atoms with van der Waals surface area (Å²) in [6.07, 6.45) is 4.32. The van der Waals surface area contributed by atoms with Gasteiger partial charge in [0.15, 0.2) is 5.76 Å². The van der Waals surface area contributed by atoms with Crippen LogP contribution in [-0.2, 0) is 19.1 Å². The molecular formula is C25H27N3O8. The van der Waals surface area contributed by atoms with Gasteiger partial charge < -0.3 is 29.4 Å². The Hall–Kier alpha value is -4.15. The van der Waals surface area contributed by atoms with Crippen LogP contribution in [0, 0.1) is 0 Å². The summed E-state index contributed by atoms with van der Waals surface area (Å²) < 4.78 is 14.7. The molecule has 1 aliphatic heterocycles. The number of ether oxygens (including phenoxy) is 2. The van der Waals surface area contributed by atoms with E-state index in [-0.39, 0.29) is 41.1 Å². The van der Waals surface area contributed by atoms with Crippen molar-refractivity contribution in [1.82, 2.24) is 10.2 Å². The van der Waals surface area contributed by atoms with E-state index in [1.807, 2.05) is 0 Å². The lowest BCUT2D eigenvalue weighted by Gasteiger charge is -2.47. The summed E-state index contributed by atoms with van der Waals surface area (Å²) in [5, 5.41) is 5.58. The normalized spacial score (nSPS) is 21.1. The van der Waals surface area contributed by atoms with Crippen LogP contribution in [0.3, 0.4) is 0 Å². The molecule has 2 aliphatic rings. The first kappa shape index (κ1) is 25.0. The first-order valence-corrected chi connectivity index (χ1v) is 11.6. The summed E-state index contributed by atoms with van der Waals surface area (Å²) in [7, 11) is 2.38. The van der Waals surface area contributed by atoms with E-state index in [2.05, 4.69) is 10.6 Å². The Morgan fingerprint density at radius 3 is 2.33 bits per heavy atom. The Balaban J connectivity index is 1.59. The minimum atomic E-state index is -1.06. The molecule has 3 atom stereocenters. The summed E-state index contributed by atoms with van der Waals surface area (Å²) in [5.41, 5.74) is 0.204. The molecule has 3 amide bonds. The van der Waals surface area contributed by atoms with Gasteiger partial charge >= 0.3 is 11.9 Å². The Bertz CT molecular complexity index is 1140. The highest BCUT2D eigenvalue weighted by Crippen LogP contribution is 2.31. The van der Waals surface area contributed by atoms with Crippen LogP contribution >= 0.6 is 0 Å². The monoisotopic (exact) mass is 497 g/mol. The number of anilines is 1. The highest BCUT2D eigenvalue weighted by atomic mass is 16.5. The molecular weight excluding hydrogens is 470 g/mol. The van der Waals surface area contributed by atoms with E-state index < -0.39 is 35.7 Å². The number of piperazine rings is 1. The van der Waals surface area contributed by atoms with Gasteiger partial charge in [-0.2, -0.15) is 0 Å². The van der Waals surface area contributed by atoms with Gasteiger partial charge in [0.05, 0.1) is 44.1 Å². The van der Waals surface area contributed by atoms with Crippen molar-refractivity contribution >= 4 is 35.3 Å². The number of rotatable bonds is 6. The van der Waals surface area contributed by atoms with Crippen molar-refractivity contribution in [2.24, 2.45) is 0 Å². The fraction of sp³-hybridized carbons (Fsp3) is 0.400. The van der Waals surface area contributed by atoms with Crippen LogP contribution in [0.2, 0.25) is 0 Å². The van der Waals surface area contributed by atoms with Crippen molar-refractivity contribution < 1.29 is 37.9 Å². The third-order valence-corrected chi connectivity index (χ3v) is 6.46. The van der Waals surface area contributed by atoms with Crippen LogP contribution in [0.15, 0.2) is 41.0 Å². The topological polar surface area (TPSA) is 144 Å². The fourth-order valence-electron chi connectivity index (χ4n) is 4.82. The van der Waals surface area contributed by atoms with E-state index in [4.69, 9.17) is 13.9 Å². The molecule has 1 aromatic heterocycles. The van der Waals surface area contributed by atoms with Gasteiger partial charge in [-0.15, -0.1) is 0 Å². The van der Waals surface area contributed by atoms with Gasteiger partial charge in [-0.1, -0.05) is 12.8 Å². The zero-order chi connectivity index (χ0) is 25.8. The molecule has 2 N–H and O–H groups in total. The minimum absolute atomic E-state index is 0.0331. The molecule has 2 heterocycles. The summed E-state index contributed by atoms with van der Waals surface area (Å²) in [4.78, 5) is 65.0. The van der Waals surface area contributed by atoms with Gasteiger partial charge in [0.1, 0.15) is 6.04 Å². The van der Waals surface area contributed by atoms with E-state index >= 15 is 0 Å². The summed E-state index contributed by atoms with van der Waals surface area (Å²) >= 11 is 0. The SMILES string of the molecule is COC(=O)c1cc(NC(=O)C[C@@H]2C(=O)N[C@@H]3CCCC[C@@H]3N2C(=O)c2ccco2)cc(C(=O)OC)c1. The van der Waals surface area contributed by atoms with Gasteiger partial charge in [-0.25, -0.2) is 9.59 Å². The third kappa shape index (κ3) is 5.09. The van der Waals surface area contributed by atoms with Gasteiger partial charge in [-0.3, -0.25) is 14.4 Å². The molecule has 1 saturated carbocycles. The first-order valence-electron chi connectivity index (χ1n) is 11.6. The number of furan rings is 1. The zero-order valence-electron chi connectivity index (χ0n) is 19.9. The van der Waals surface area contributed by atoms with Gasteiger partial charge in [0.2, 0.25) is 11.8 Å². The predicted octanol–water partition coefficient (Wildman–Crippen LogP) is 2.13. The third-order valence-electron chi connectivity index (χ3n) is 6.46. The molecule has 1 aromatic carbocycles. The molecule has 0 unspecified atom stereocenters. The van der Waals surface area contributed by atoms with Crippen molar-refractivity contribution in [2.75, 3.05) is 19.5 Å². The van der Waals surface area contributed by atoms with Crippen molar-refractivity contribution in [2.45, 2.75) is 50.2 Å². The minimum Gasteiger partial charge on any atom is -0.465 e. The molecule has 11 nitrogen and oxygen atoms in total. The van der Waals surface area contributed by atoms with Crippen molar-refractivity contribution in [1.29, 1.82) is 0 Å². The molecule has 1 aliphatic carbocycles. The lowest BCUT2D eigenvalue weighted by Crippen LogP contribution is -2.68. The summed E-state index contributed by atoms with van der Waals surface area (Å²) in [5.74, 6) is -2.78. The van der Waals surface area contributed by atoms with Crippen LogP contribution in [0.25, 0.3) is 0 Å². The molecule has 0 radical (unpaired) electrons. The largest absolute Gasteiger partial charge is 0.465 e. The maximum Gasteiger partial charge on any atom is 0.337 e. The fourth-order valence-corrected chi connectivity index (χ4v) is 4.82. The second-order valence-corrected chi connectivity index (χ2v) is 8.71. The number of methoxy groups -OCH3 is 2. The maximum atomic E-state index is 13.3. The van der Waals surface area contributed by atoms with E-state index in [0.717, 1.165) is 19.3 Å². The van der Waals surface area contributed by atoms with Crippen LogP contribution in [0.1, 0.15) is 63.4 Å². The van der Waals surface area contributed by atoms with E-state index in [1.54, 1.807) is 6.07 Å². The smallest absolute Gasteiger partial charge is 0.337 e. The number of carbonyl (C=O) groups excluding carboxylic acids is 5. The molecule has 1 saturated heterocycles. The number of benzene rings is 1. The average Bonchev–Trinajstić information content (AvgIpc) is 3.42. The number of nitrogens with one attached hydrogen (secondary N) is 2. The highest BCUT2D eigenvalue weighted by molar-refractivity contribution is 6.02. The second-order valence-electron chi connectivity index (χ2n) is 8.71. The van der Waals surface area contributed by atoms with Crippen LogP contribution < -0.4 is 10.6 Å². The van der Waals surface area contributed by atoms with Crippen LogP contribution in [-0.4, -0.2) is 66.9 Å². The number of hydrogen-bond acceptors (Lipinski definition) is 8. The number of esters is 2. The number of carbonyl (C=O) groups is 5. The summed E-state index contributed by atoms with van der Waals surface area (Å²) in [6.45, 7) is 0. The van der Waals surface area contributed by atoms with E-state index in [9.17, 15) is 24.0 Å². The van der Waals surface area contributed by atoms with Crippen molar-refractivity contribution in [3.8, 4) is 0 Å². The highest BCUT2D eigenvalue weighted by Gasteiger charge is 2.46. The zero-order valence-corrected chi connectivity index (χ0v) is 19.9. The van der Waals surface area contributed by atoms with Gasteiger partial charge in [0.25, 0.3) is 5.91 Å². The molecule has 0 spiro atoms. The Morgan fingerprint density at radius 2 is 1.72 bits per heavy atom. The standard InChI is InChI=1S/C25H27N3O8/c1-34-24(32)14-10-15(25(33)35-2)12-16(11-14)26-21(29)13-19-22(30)27-17-6-3-4-7-18(17)28(19)23(31)20-8-5-9-36-20/h5,8-12,17-19H,3-4,6-7,13H2,1-2H3,(H,26,29)(H,27,30)/t17-,18+,19-/m1/s1. The number of nitrogens with zero attached hydrogens (tertiary/aromatic N) is 1. The lowest BCUT2D eigenvalue weighted by atomic mass is 9.85. The van der Waals surface area contributed by atoms with Crippen molar-refractivity contribution in [3.63, 3.8) is 0 Å². The molecule has 0 bridgehead atoms. The second kappa shape index (κ2) is 10.6. The molecule has 4 rings (SSSR count).